The van der Waals surface area contributed by atoms with E-state index < -0.39 is 34.5 Å². The van der Waals surface area contributed by atoms with Crippen LogP contribution in [0.4, 0.5) is 23.2 Å². The van der Waals surface area contributed by atoms with Crippen LogP contribution in [-0.2, 0) is 28.4 Å². The highest BCUT2D eigenvalue weighted by Gasteiger charge is 2.32. The van der Waals surface area contributed by atoms with E-state index >= 15 is 0 Å². The van der Waals surface area contributed by atoms with Crippen molar-refractivity contribution >= 4 is 44.1 Å². The Bertz CT molecular complexity index is 1200. The number of carboxylic acids is 1. The predicted molar refractivity (Wildman–Crippen MR) is 119 cm³/mol. The first-order valence-electron chi connectivity index (χ1n) is 10.1. The highest BCUT2D eigenvalue weighted by molar-refractivity contribution is 7.82. The van der Waals surface area contributed by atoms with Crippen molar-refractivity contribution in [2.24, 2.45) is 0 Å². The van der Waals surface area contributed by atoms with Crippen molar-refractivity contribution in [2.75, 3.05) is 31.1 Å². The molecule has 1 aromatic heterocycles. The second kappa shape index (κ2) is 9.40. The third-order valence-electron chi connectivity index (χ3n) is 5.52. The maximum absolute atomic E-state index is 14.3. The van der Waals surface area contributed by atoms with E-state index in [1.54, 1.807) is 15.3 Å². The summed E-state index contributed by atoms with van der Waals surface area (Å²) in [5, 5.41) is 11.7. The number of nitrogens with zero attached hydrogens (tertiary/aromatic N) is 2. The Morgan fingerprint density at radius 2 is 1.82 bits per heavy atom. The maximum atomic E-state index is 14.3. The molecule has 11 heteroatoms. The molecule has 1 saturated heterocycles. The zero-order valence-electron chi connectivity index (χ0n) is 17.3. The van der Waals surface area contributed by atoms with Gasteiger partial charge in [0.25, 0.3) is 0 Å². The normalized spacial score (nSPS) is 16.3. The number of carbonyl (C=O) groups is 1. The van der Waals surface area contributed by atoms with Crippen molar-refractivity contribution in [2.45, 2.75) is 23.9 Å². The minimum Gasteiger partial charge on any atom is -0.481 e. The first-order chi connectivity index (χ1) is 15.6. The number of alkyl halides is 3. The third kappa shape index (κ3) is 5.20. The molecule has 1 fully saturated rings. The summed E-state index contributed by atoms with van der Waals surface area (Å²) in [6, 6.07) is 7.96. The van der Waals surface area contributed by atoms with Crippen LogP contribution in [-0.4, -0.2) is 45.8 Å². The zero-order valence-corrected chi connectivity index (χ0v) is 18.9. The minimum absolute atomic E-state index is 0.0155. The van der Waals surface area contributed by atoms with Gasteiger partial charge in [0.15, 0.2) is 0 Å². The number of halogens is 4. The van der Waals surface area contributed by atoms with E-state index in [4.69, 9.17) is 5.11 Å². The van der Waals surface area contributed by atoms with Crippen LogP contribution >= 0.6 is 11.3 Å². The standard InChI is InChI=1S/C22H20F4N2O3S2/c23-18-11-15(22(24,25)26)2-4-19(18)27-7-9-28(10-8-27)33(31)16-3-5-20-17(12-16)14(13-32-20)1-6-21(29)30/h2-5,11-13H,1,6-10H2,(H,29,30). The van der Waals surface area contributed by atoms with E-state index in [0.29, 0.717) is 43.6 Å². The summed E-state index contributed by atoms with van der Waals surface area (Å²) in [6.45, 7) is 1.33. The Morgan fingerprint density at radius 3 is 2.45 bits per heavy atom. The number of benzene rings is 2. The number of thiophene rings is 1. The van der Waals surface area contributed by atoms with Gasteiger partial charge in [0, 0.05) is 37.3 Å². The Kier molecular flexibility index (Phi) is 6.73. The number of fused-ring (bicyclic) bond motifs is 1. The van der Waals surface area contributed by atoms with Gasteiger partial charge in [0.1, 0.15) is 16.8 Å². The third-order valence-corrected chi connectivity index (χ3v) is 8.03. The molecule has 0 saturated carbocycles. The Morgan fingerprint density at radius 1 is 1.09 bits per heavy atom. The van der Waals surface area contributed by atoms with Gasteiger partial charge < -0.3 is 10.0 Å². The van der Waals surface area contributed by atoms with Gasteiger partial charge in [-0.3, -0.25) is 4.79 Å². The summed E-state index contributed by atoms with van der Waals surface area (Å²) < 4.78 is 68.5. The lowest BCUT2D eigenvalue weighted by Gasteiger charge is -2.35. The van der Waals surface area contributed by atoms with Crippen LogP contribution < -0.4 is 4.90 Å². The summed E-state index contributed by atoms with van der Waals surface area (Å²) in [5.74, 6) is -1.81. The van der Waals surface area contributed by atoms with Gasteiger partial charge >= 0.3 is 12.1 Å². The van der Waals surface area contributed by atoms with E-state index in [9.17, 15) is 26.6 Å². The fourth-order valence-corrected chi connectivity index (χ4v) is 5.96. The second-order valence-corrected chi connectivity index (χ2v) is 10.0. The summed E-state index contributed by atoms with van der Waals surface area (Å²) in [6.07, 6.45) is -4.20. The molecule has 3 aromatic rings. The maximum Gasteiger partial charge on any atom is 0.416 e. The van der Waals surface area contributed by atoms with Gasteiger partial charge in [-0.1, -0.05) is 0 Å². The van der Waals surface area contributed by atoms with Crippen molar-refractivity contribution in [3.8, 4) is 0 Å². The lowest BCUT2D eigenvalue weighted by atomic mass is 10.1. The van der Waals surface area contributed by atoms with Crippen molar-refractivity contribution < 1.29 is 31.7 Å². The fourth-order valence-electron chi connectivity index (χ4n) is 3.79. The molecule has 1 N–H and O–H groups in total. The lowest BCUT2D eigenvalue weighted by Crippen LogP contribution is -2.47. The summed E-state index contributed by atoms with van der Waals surface area (Å²) in [5.41, 5.74) is -0.0370. The van der Waals surface area contributed by atoms with Gasteiger partial charge in [-0.05, 0) is 59.1 Å². The number of anilines is 1. The summed E-state index contributed by atoms with van der Waals surface area (Å²) in [7, 11) is -1.47. The molecule has 1 atom stereocenters. The van der Waals surface area contributed by atoms with Crippen LogP contribution in [0.5, 0.6) is 0 Å². The number of rotatable bonds is 6. The molecule has 2 heterocycles. The molecule has 0 amide bonds. The largest absolute Gasteiger partial charge is 0.481 e. The van der Waals surface area contributed by atoms with Gasteiger partial charge in [-0.15, -0.1) is 11.3 Å². The molecule has 2 aromatic carbocycles. The average molecular weight is 501 g/mol. The molecule has 0 spiro atoms. The molecule has 1 aliphatic rings. The van der Waals surface area contributed by atoms with Crippen molar-refractivity contribution in [3.63, 3.8) is 0 Å². The molecule has 0 radical (unpaired) electrons. The molecular weight excluding hydrogens is 480 g/mol. The quantitative estimate of drug-likeness (QED) is 0.488. The molecule has 1 aliphatic heterocycles. The van der Waals surface area contributed by atoms with Crippen LogP contribution in [0.3, 0.4) is 0 Å². The van der Waals surface area contributed by atoms with E-state index in [0.717, 1.165) is 27.8 Å². The van der Waals surface area contributed by atoms with E-state index in [1.807, 2.05) is 17.5 Å². The molecule has 0 bridgehead atoms. The van der Waals surface area contributed by atoms with Crippen LogP contribution in [0.25, 0.3) is 10.1 Å². The van der Waals surface area contributed by atoms with Gasteiger partial charge in [0.05, 0.1) is 16.1 Å². The van der Waals surface area contributed by atoms with Crippen LogP contribution in [0.15, 0.2) is 46.7 Å². The SMILES string of the molecule is O=C(O)CCc1csc2ccc(S(=O)N3CCN(c4ccc(C(F)(F)F)cc4F)CC3)cc12. The van der Waals surface area contributed by atoms with Crippen molar-refractivity contribution in [1.82, 2.24) is 4.31 Å². The predicted octanol–water partition coefficient (Wildman–Crippen LogP) is 4.92. The first kappa shape index (κ1) is 23.7. The Labute approximate surface area is 193 Å². The van der Waals surface area contributed by atoms with Crippen LogP contribution in [0.1, 0.15) is 17.5 Å². The second-order valence-electron chi connectivity index (χ2n) is 7.64. The van der Waals surface area contributed by atoms with E-state index in [2.05, 4.69) is 0 Å². The van der Waals surface area contributed by atoms with Gasteiger partial charge in [-0.25, -0.2) is 12.9 Å². The summed E-state index contributed by atoms with van der Waals surface area (Å²) >= 11 is 1.51. The molecule has 33 heavy (non-hydrogen) atoms. The molecular formula is C22H20F4N2O3S2. The Balaban J connectivity index is 1.45. The highest BCUT2D eigenvalue weighted by Crippen LogP contribution is 2.33. The topological polar surface area (TPSA) is 60.9 Å². The van der Waals surface area contributed by atoms with Crippen molar-refractivity contribution in [1.29, 1.82) is 0 Å². The van der Waals surface area contributed by atoms with Crippen LogP contribution in [0, 0.1) is 5.82 Å². The highest BCUT2D eigenvalue weighted by atomic mass is 32.2. The number of carboxylic acid groups (broad SMARTS) is 1. The summed E-state index contributed by atoms with van der Waals surface area (Å²) in [4.78, 5) is 13.1. The fraction of sp³-hybridized carbons (Fsp3) is 0.318. The van der Waals surface area contributed by atoms with Crippen molar-refractivity contribution in [3.05, 3.63) is 58.7 Å². The molecule has 0 aliphatic carbocycles. The first-order valence-corrected chi connectivity index (χ1v) is 12.1. The number of aryl methyl sites for hydroxylation is 1. The molecule has 5 nitrogen and oxygen atoms in total. The molecule has 176 valence electrons. The monoisotopic (exact) mass is 500 g/mol. The molecule has 4 rings (SSSR count). The number of hydrogen-bond donors (Lipinski definition) is 1. The minimum atomic E-state index is -4.61. The Hall–Kier alpha value is -2.50. The van der Waals surface area contributed by atoms with Gasteiger partial charge in [0.2, 0.25) is 0 Å². The average Bonchev–Trinajstić information content (AvgIpc) is 3.19. The van der Waals surface area contributed by atoms with E-state index in [-0.39, 0.29) is 12.1 Å². The number of aliphatic carboxylic acids is 1. The smallest absolute Gasteiger partial charge is 0.416 e. The number of piperazine rings is 1. The van der Waals surface area contributed by atoms with Crippen LogP contribution in [0.2, 0.25) is 0 Å². The molecule has 1 unspecified atom stereocenters. The van der Waals surface area contributed by atoms with Gasteiger partial charge in [-0.2, -0.15) is 13.2 Å². The lowest BCUT2D eigenvalue weighted by molar-refractivity contribution is -0.138. The van der Waals surface area contributed by atoms with E-state index in [1.165, 1.54) is 11.3 Å². The zero-order chi connectivity index (χ0) is 23.8. The number of hydrogen-bond acceptors (Lipinski definition) is 4.